The highest BCUT2D eigenvalue weighted by molar-refractivity contribution is 6.39. The van der Waals surface area contributed by atoms with Gasteiger partial charge in [0.2, 0.25) is 17.7 Å². The zero-order chi connectivity index (χ0) is 36.2. The van der Waals surface area contributed by atoms with Gasteiger partial charge in [-0.25, -0.2) is 9.97 Å². The molecule has 2 aromatic carbocycles. The van der Waals surface area contributed by atoms with Gasteiger partial charge in [0.05, 0.1) is 22.8 Å². The van der Waals surface area contributed by atoms with Crippen LogP contribution in [0.25, 0.3) is 39.2 Å². The van der Waals surface area contributed by atoms with E-state index >= 15 is 0 Å². The summed E-state index contributed by atoms with van der Waals surface area (Å²) in [5.41, 5.74) is 6.29. The van der Waals surface area contributed by atoms with Crippen LogP contribution in [-0.2, 0) is 22.7 Å². The Morgan fingerprint density at radius 1 is 0.827 bits per heavy atom. The molecule has 0 spiro atoms. The summed E-state index contributed by atoms with van der Waals surface area (Å²) in [6, 6.07) is 19.5. The molecule has 0 unspecified atom stereocenters. The number of hydrogen-bond acceptors (Lipinski definition) is 8. The van der Waals surface area contributed by atoms with Gasteiger partial charge in [-0.05, 0) is 49.6 Å². The van der Waals surface area contributed by atoms with Crippen LogP contribution in [0.3, 0.4) is 0 Å². The smallest absolute Gasteiger partial charge is 0.262 e. The lowest BCUT2D eigenvalue weighted by Crippen LogP contribution is -2.35. The van der Waals surface area contributed by atoms with E-state index in [1.807, 2.05) is 60.7 Å². The SMILES string of the molecule is COc1nc(-c2cccc(-c3cccc(-c4ccn5c(=O)c(CNCC[C@@H]6CCC(=O)N6)cnc5c4)c3Cl)c2Cl)ccc1CNC[C@H]1CCC(=O)N1. The number of amides is 2. The molecule has 52 heavy (non-hydrogen) atoms. The molecule has 268 valence electrons. The molecule has 2 amide bonds. The largest absolute Gasteiger partial charge is 0.481 e. The van der Waals surface area contributed by atoms with Gasteiger partial charge in [0, 0.05) is 90.3 Å². The lowest BCUT2D eigenvalue weighted by atomic mass is 9.97. The van der Waals surface area contributed by atoms with Crippen molar-refractivity contribution in [1.82, 2.24) is 35.6 Å². The Hall–Kier alpha value is -4.81. The molecule has 7 rings (SSSR count). The van der Waals surface area contributed by atoms with E-state index in [1.165, 1.54) is 4.40 Å². The van der Waals surface area contributed by atoms with E-state index in [-0.39, 0.29) is 29.5 Å². The van der Waals surface area contributed by atoms with Crippen molar-refractivity contribution in [2.45, 2.75) is 57.3 Å². The summed E-state index contributed by atoms with van der Waals surface area (Å²) in [6.07, 6.45) is 6.96. The first kappa shape index (κ1) is 35.6. The fraction of sp³-hybridized carbons (Fsp3) is 0.308. The third-order valence-corrected chi connectivity index (χ3v) is 10.5. The summed E-state index contributed by atoms with van der Waals surface area (Å²) in [5, 5.41) is 13.6. The monoisotopic (exact) mass is 739 g/mol. The van der Waals surface area contributed by atoms with Crippen molar-refractivity contribution in [3.05, 3.63) is 105 Å². The minimum atomic E-state index is -0.143. The van der Waals surface area contributed by atoms with Crippen molar-refractivity contribution in [1.29, 1.82) is 0 Å². The molecule has 0 bridgehead atoms. The van der Waals surface area contributed by atoms with Crippen molar-refractivity contribution in [3.8, 4) is 39.4 Å². The van der Waals surface area contributed by atoms with Crippen molar-refractivity contribution in [2.24, 2.45) is 0 Å². The van der Waals surface area contributed by atoms with Crippen molar-refractivity contribution >= 4 is 40.7 Å². The third-order valence-electron chi connectivity index (χ3n) is 9.65. The highest BCUT2D eigenvalue weighted by atomic mass is 35.5. The van der Waals surface area contributed by atoms with Gasteiger partial charge in [-0.2, -0.15) is 0 Å². The summed E-state index contributed by atoms with van der Waals surface area (Å²) in [4.78, 5) is 45.6. The summed E-state index contributed by atoms with van der Waals surface area (Å²) < 4.78 is 7.18. The van der Waals surface area contributed by atoms with Gasteiger partial charge in [-0.15, -0.1) is 0 Å². The fourth-order valence-electron chi connectivity index (χ4n) is 6.84. The number of aromatic nitrogens is 3. The van der Waals surface area contributed by atoms with E-state index in [2.05, 4.69) is 26.3 Å². The maximum Gasteiger partial charge on any atom is 0.262 e. The minimum Gasteiger partial charge on any atom is -0.481 e. The predicted octanol–water partition coefficient (Wildman–Crippen LogP) is 5.53. The van der Waals surface area contributed by atoms with E-state index in [0.29, 0.717) is 71.9 Å². The van der Waals surface area contributed by atoms with Crippen molar-refractivity contribution in [3.63, 3.8) is 0 Å². The molecule has 2 aliphatic heterocycles. The number of benzene rings is 2. The lowest BCUT2D eigenvalue weighted by molar-refractivity contribution is -0.120. The molecule has 2 aliphatic rings. The Morgan fingerprint density at radius 2 is 1.50 bits per heavy atom. The van der Waals surface area contributed by atoms with Crippen LogP contribution in [0.2, 0.25) is 10.0 Å². The number of fused-ring (bicyclic) bond motifs is 1. The molecule has 13 heteroatoms. The average molecular weight is 741 g/mol. The Balaban J connectivity index is 1.08. The van der Waals surface area contributed by atoms with Crippen LogP contribution in [0.15, 0.2) is 77.9 Å². The van der Waals surface area contributed by atoms with Crippen LogP contribution in [0.1, 0.15) is 43.2 Å². The van der Waals surface area contributed by atoms with Crippen LogP contribution in [0.5, 0.6) is 5.88 Å². The highest BCUT2D eigenvalue weighted by Gasteiger charge is 2.22. The normalized spacial score (nSPS) is 17.1. The molecule has 5 heterocycles. The quantitative estimate of drug-likeness (QED) is 0.116. The van der Waals surface area contributed by atoms with Crippen LogP contribution >= 0.6 is 23.2 Å². The van der Waals surface area contributed by atoms with Gasteiger partial charge in [0.15, 0.2) is 0 Å². The molecule has 2 fully saturated rings. The fourth-order valence-corrected chi connectivity index (χ4v) is 7.50. The van der Waals surface area contributed by atoms with Gasteiger partial charge >= 0.3 is 0 Å². The van der Waals surface area contributed by atoms with Gasteiger partial charge in [-0.1, -0.05) is 65.7 Å². The molecule has 0 saturated carbocycles. The van der Waals surface area contributed by atoms with Gasteiger partial charge in [0.1, 0.15) is 5.65 Å². The summed E-state index contributed by atoms with van der Waals surface area (Å²) >= 11 is 14.2. The summed E-state index contributed by atoms with van der Waals surface area (Å²) in [5.74, 6) is 0.683. The average Bonchev–Trinajstić information content (AvgIpc) is 3.78. The number of carbonyl (C=O) groups excluding carboxylic acids is 2. The molecule has 0 aliphatic carbocycles. The standard InChI is InChI=1S/C39H39Cl2N7O4/c1-52-38-24(19-43-22-27-10-13-35(50)46-27)8-11-32(47-38)31-7-3-6-30(37(31)41)29-5-2-4-28(36(29)40)23-15-17-48-33(18-23)44-21-25(39(48)51)20-42-16-14-26-9-12-34(49)45-26/h2-8,11,15,17-18,21,26-27,42-43H,9-10,12-14,16,19-20,22H2,1H3,(H,45,49)(H,46,50)/t26-,27+/m0/s1. The van der Waals surface area contributed by atoms with E-state index in [9.17, 15) is 14.4 Å². The summed E-state index contributed by atoms with van der Waals surface area (Å²) in [6.45, 7) is 2.28. The number of methoxy groups -OCH3 is 1. The molecule has 2 atom stereocenters. The number of pyridine rings is 2. The number of nitrogens with zero attached hydrogens (tertiary/aromatic N) is 3. The second-order valence-electron chi connectivity index (χ2n) is 13.1. The van der Waals surface area contributed by atoms with E-state index in [1.54, 1.807) is 19.5 Å². The van der Waals surface area contributed by atoms with Gasteiger partial charge in [0.25, 0.3) is 5.56 Å². The van der Waals surface area contributed by atoms with Crippen molar-refractivity contribution < 1.29 is 14.3 Å². The molecule has 2 saturated heterocycles. The van der Waals surface area contributed by atoms with Crippen LogP contribution in [0, 0.1) is 0 Å². The number of carbonyl (C=O) groups is 2. The Kier molecular flexibility index (Phi) is 10.8. The first-order valence-corrected chi connectivity index (χ1v) is 18.2. The first-order chi connectivity index (χ1) is 25.3. The van der Waals surface area contributed by atoms with E-state index < -0.39 is 0 Å². The summed E-state index contributed by atoms with van der Waals surface area (Å²) in [7, 11) is 1.59. The minimum absolute atomic E-state index is 0.0926. The second-order valence-corrected chi connectivity index (χ2v) is 13.9. The van der Waals surface area contributed by atoms with E-state index in [4.69, 9.17) is 32.9 Å². The van der Waals surface area contributed by atoms with Crippen molar-refractivity contribution in [2.75, 3.05) is 20.2 Å². The molecular formula is C39H39Cl2N7O4. The Bertz CT molecular complexity index is 2210. The third kappa shape index (κ3) is 7.68. The predicted molar refractivity (Wildman–Crippen MR) is 202 cm³/mol. The number of ether oxygens (including phenoxy) is 1. The van der Waals surface area contributed by atoms with Gasteiger partial charge < -0.3 is 26.0 Å². The number of rotatable bonds is 13. The maximum atomic E-state index is 13.3. The van der Waals surface area contributed by atoms with E-state index in [0.717, 1.165) is 52.6 Å². The zero-order valence-electron chi connectivity index (χ0n) is 28.7. The topological polar surface area (TPSA) is 139 Å². The maximum absolute atomic E-state index is 13.3. The molecule has 3 aromatic heterocycles. The second kappa shape index (κ2) is 15.8. The molecule has 5 aromatic rings. The van der Waals surface area contributed by atoms with Gasteiger partial charge in [-0.3, -0.25) is 18.8 Å². The Labute approximate surface area is 311 Å². The zero-order valence-corrected chi connectivity index (χ0v) is 30.2. The molecule has 11 nitrogen and oxygen atoms in total. The van der Waals surface area contributed by atoms with Crippen LogP contribution in [-0.4, -0.2) is 58.5 Å². The lowest BCUT2D eigenvalue weighted by Gasteiger charge is -2.16. The van der Waals surface area contributed by atoms with Crippen LogP contribution in [0.4, 0.5) is 0 Å². The van der Waals surface area contributed by atoms with Crippen LogP contribution < -0.4 is 31.6 Å². The molecular weight excluding hydrogens is 701 g/mol. The first-order valence-electron chi connectivity index (χ1n) is 17.4. The molecule has 4 N–H and O–H groups in total. The highest BCUT2D eigenvalue weighted by Crippen LogP contribution is 2.42. The molecule has 0 radical (unpaired) electrons. The number of halogens is 2. The Morgan fingerprint density at radius 3 is 2.21 bits per heavy atom. The number of nitrogens with one attached hydrogen (secondary N) is 4. The number of hydrogen-bond donors (Lipinski definition) is 4.